The third-order valence-corrected chi connectivity index (χ3v) is 4.41. The molecule has 1 heterocycles. The number of amides is 1. The van der Waals surface area contributed by atoms with Crippen LogP contribution in [0.3, 0.4) is 0 Å². The highest BCUT2D eigenvalue weighted by Crippen LogP contribution is 2.20. The smallest absolute Gasteiger partial charge is 0.232 e. The van der Waals surface area contributed by atoms with Gasteiger partial charge in [0.2, 0.25) is 5.91 Å². The van der Waals surface area contributed by atoms with Crippen LogP contribution in [0.15, 0.2) is 12.7 Å². The van der Waals surface area contributed by atoms with E-state index in [1.54, 1.807) is 0 Å². The van der Waals surface area contributed by atoms with Crippen molar-refractivity contribution in [3.8, 4) is 0 Å². The van der Waals surface area contributed by atoms with E-state index >= 15 is 0 Å². The number of carbonyl (C=O) groups excluding carboxylic acids is 1. The first-order valence-corrected chi connectivity index (χ1v) is 7.46. The molecule has 0 unspecified atom stereocenters. The Morgan fingerprint density at radius 2 is 2.24 bits per heavy atom. The van der Waals surface area contributed by atoms with Crippen LogP contribution in [0, 0.1) is 0 Å². The zero-order chi connectivity index (χ0) is 12.5. The molecular formula is C13H24N2OS. The lowest BCUT2D eigenvalue weighted by atomic mass is 10.2. The number of allylic oxidation sites excluding steroid dienone is 1. The number of piperidine rings is 1. The standard InChI is InChI=1S/C13H24N2OS/c1-3-4-5-10-15(2)13(16)11-17-12-6-8-14-9-7-12/h3,12,14H,1,4-11H2,2H3. The van der Waals surface area contributed by atoms with Gasteiger partial charge in [0, 0.05) is 18.8 Å². The van der Waals surface area contributed by atoms with E-state index in [0.717, 1.165) is 32.5 Å². The van der Waals surface area contributed by atoms with Crippen molar-refractivity contribution in [3.05, 3.63) is 12.7 Å². The molecule has 1 aliphatic heterocycles. The highest BCUT2D eigenvalue weighted by atomic mass is 32.2. The molecule has 1 amide bonds. The number of carbonyl (C=O) groups is 1. The van der Waals surface area contributed by atoms with Gasteiger partial charge in [0.1, 0.15) is 0 Å². The predicted molar refractivity (Wildman–Crippen MR) is 75.4 cm³/mol. The van der Waals surface area contributed by atoms with Crippen LogP contribution < -0.4 is 5.32 Å². The Morgan fingerprint density at radius 3 is 2.88 bits per heavy atom. The van der Waals surface area contributed by atoms with Gasteiger partial charge in [0.15, 0.2) is 0 Å². The van der Waals surface area contributed by atoms with Gasteiger partial charge in [0.25, 0.3) is 0 Å². The Balaban J connectivity index is 2.12. The van der Waals surface area contributed by atoms with Crippen LogP contribution in [0.5, 0.6) is 0 Å². The summed E-state index contributed by atoms with van der Waals surface area (Å²) in [5, 5.41) is 4.01. The lowest BCUT2D eigenvalue weighted by Crippen LogP contribution is -2.32. The van der Waals surface area contributed by atoms with E-state index in [1.165, 1.54) is 12.8 Å². The van der Waals surface area contributed by atoms with Crippen LogP contribution in [0.25, 0.3) is 0 Å². The molecule has 0 saturated carbocycles. The lowest BCUT2D eigenvalue weighted by molar-refractivity contribution is -0.127. The molecular weight excluding hydrogens is 232 g/mol. The summed E-state index contributed by atoms with van der Waals surface area (Å²) in [5.74, 6) is 0.896. The molecule has 0 radical (unpaired) electrons. The number of thioether (sulfide) groups is 1. The van der Waals surface area contributed by atoms with E-state index in [0.29, 0.717) is 11.0 Å². The quantitative estimate of drug-likeness (QED) is 0.558. The topological polar surface area (TPSA) is 32.3 Å². The fraction of sp³-hybridized carbons (Fsp3) is 0.769. The van der Waals surface area contributed by atoms with Crippen LogP contribution in [0.1, 0.15) is 25.7 Å². The van der Waals surface area contributed by atoms with Gasteiger partial charge in [-0.15, -0.1) is 18.3 Å². The molecule has 0 bridgehead atoms. The molecule has 0 aromatic rings. The van der Waals surface area contributed by atoms with Crippen LogP contribution >= 0.6 is 11.8 Å². The molecule has 98 valence electrons. The van der Waals surface area contributed by atoms with Crippen molar-refractivity contribution in [3.63, 3.8) is 0 Å². The maximum Gasteiger partial charge on any atom is 0.232 e. The minimum absolute atomic E-state index is 0.262. The first kappa shape index (κ1) is 14.6. The lowest BCUT2D eigenvalue weighted by Gasteiger charge is -2.23. The van der Waals surface area contributed by atoms with Gasteiger partial charge < -0.3 is 10.2 Å². The molecule has 1 rings (SSSR count). The number of rotatable bonds is 7. The summed E-state index contributed by atoms with van der Waals surface area (Å²) < 4.78 is 0. The average molecular weight is 256 g/mol. The Morgan fingerprint density at radius 1 is 1.53 bits per heavy atom. The van der Waals surface area contributed by atoms with Crippen LogP contribution in [0.4, 0.5) is 0 Å². The minimum atomic E-state index is 0.262. The third-order valence-electron chi connectivity index (χ3n) is 3.06. The van der Waals surface area contributed by atoms with E-state index in [1.807, 2.05) is 29.8 Å². The number of hydrogen-bond acceptors (Lipinski definition) is 3. The van der Waals surface area contributed by atoms with Crippen LogP contribution in [-0.2, 0) is 4.79 Å². The molecule has 0 aromatic heterocycles. The molecule has 1 saturated heterocycles. The van der Waals surface area contributed by atoms with Gasteiger partial charge in [-0.1, -0.05) is 6.08 Å². The van der Waals surface area contributed by atoms with E-state index in [-0.39, 0.29) is 5.91 Å². The normalized spacial score (nSPS) is 16.8. The number of nitrogens with one attached hydrogen (secondary N) is 1. The second kappa shape index (κ2) is 8.59. The third kappa shape index (κ3) is 6.13. The molecule has 4 heteroatoms. The SMILES string of the molecule is C=CCCCN(C)C(=O)CSC1CCNCC1. The van der Waals surface area contributed by atoms with Gasteiger partial charge >= 0.3 is 0 Å². The molecule has 0 aromatic carbocycles. The summed E-state index contributed by atoms with van der Waals surface area (Å²) in [7, 11) is 1.90. The van der Waals surface area contributed by atoms with E-state index in [4.69, 9.17) is 0 Å². The van der Waals surface area contributed by atoms with Gasteiger partial charge in [0.05, 0.1) is 5.75 Å². The zero-order valence-corrected chi connectivity index (χ0v) is 11.6. The van der Waals surface area contributed by atoms with Gasteiger partial charge in [-0.05, 0) is 38.8 Å². The van der Waals surface area contributed by atoms with Crippen molar-refractivity contribution in [1.29, 1.82) is 0 Å². The summed E-state index contributed by atoms with van der Waals surface area (Å²) in [4.78, 5) is 13.7. The van der Waals surface area contributed by atoms with Gasteiger partial charge in [-0.3, -0.25) is 4.79 Å². The first-order valence-electron chi connectivity index (χ1n) is 6.41. The van der Waals surface area contributed by atoms with Crippen molar-refractivity contribution >= 4 is 17.7 Å². The van der Waals surface area contributed by atoms with Crippen molar-refractivity contribution < 1.29 is 4.79 Å². The summed E-state index contributed by atoms with van der Waals surface area (Å²) in [6, 6.07) is 0. The second-order valence-electron chi connectivity index (χ2n) is 4.51. The Kier molecular flexibility index (Phi) is 7.37. The largest absolute Gasteiger partial charge is 0.345 e. The summed E-state index contributed by atoms with van der Waals surface area (Å²) in [5.41, 5.74) is 0. The van der Waals surface area contributed by atoms with E-state index in [9.17, 15) is 4.79 Å². The number of nitrogens with zero attached hydrogens (tertiary/aromatic N) is 1. The minimum Gasteiger partial charge on any atom is -0.345 e. The zero-order valence-electron chi connectivity index (χ0n) is 10.8. The molecule has 1 N–H and O–H groups in total. The predicted octanol–water partition coefficient (Wildman–Crippen LogP) is 1.90. The van der Waals surface area contributed by atoms with Crippen LogP contribution in [0.2, 0.25) is 0 Å². The van der Waals surface area contributed by atoms with E-state index < -0.39 is 0 Å². The molecule has 3 nitrogen and oxygen atoms in total. The highest BCUT2D eigenvalue weighted by Gasteiger charge is 2.16. The molecule has 0 aliphatic carbocycles. The maximum absolute atomic E-state index is 11.8. The summed E-state index contributed by atoms with van der Waals surface area (Å²) in [6.45, 7) is 6.73. The van der Waals surface area contributed by atoms with Gasteiger partial charge in [-0.25, -0.2) is 0 Å². The Labute approximate surface area is 109 Å². The Hall–Kier alpha value is -0.480. The summed E-state index contributed by atoms with van der Waals surface area (Å²) >= 11 is 1.82. The second-order valence-corrected chi connectivity index (χ2v) is 5.80. The number of unbranched alkanes of at least 4 members (excludes halogenated alkanes) is 1. The average Bonchev–Trinajstić information content (AvgIpc) is 2.37. The van der Waals surface area contributed by atoms with Crippen molar-refractivity contribution in [1.82, 2.24) is 10.2 Å². The maximum atomic E-state index is 11.8. The van der Waals surface area contributed by atoms with Gasteiger partial charge in [-0.2, -0.15) is 0 Å². The van der Waals surface area contributed by atoms with Crippen molar-refractivity contribution in [2.45, 2.75) is 30.9 Å². The molecule has 0 atom stereocenters. The molecule has 1 aliphatic rings. The van der Waals surface area contributed by atoms with Crippen LogP contribution in [-0.4, -0.2) is 48.5 Å². The fourth-order valence-electron chi connectivity index (χ4n) is 1.86. The highest BCUT2D eigenvalue weighted by molar-refractivity contribution is 8.00. The van der Waals surface area contributed by atoms with Crippen molar-refractivity contribution in [2.24, 2.45) is 0 Å². The molecule has 0 spiro atoms. The first-order chi connectivity index (χ1) is 8.24. The monoisotopic (exact) mass is 256 g/mol. The Bertz CT molecular complexity index is 240. The fourth-order valence-corrected chi connectivity index (χ4v) is 3.03. The molecule has 1 fully saturated rings. The van der Waals surface area contributed by atoms with Crippen molar-refractivity contribution in [2.75, 3.05) is 32.4 Å². The number of hydrogen-bond donors (Lipinski definition) is 1. The summed E-state index contributed by atoms with van der Waals surface area (Å²) in [6.07, 6.45) is 6.29. The molecule has 17 heavy (non-hydrogen) atoms. The van der Waals surface area contributed by atoms with E-state index in [2.05, 4.69) is 11.9 Å².